The van der Waals surface area contributed by atoms with Gasteiger partial charge in [0.25, 0.3) is 0 Å². The van der Waals surface area contributed by atoms with Crippen LogP contribution in [0.1, 0.15) is 43.2 Å². The van der Waals surface area contributed by atoms with Crippen LogP contribution in [0.15, 0.2) is 22.7 Å². The lowest BCUT2D eigenvalue weighted by Crippen LogP contribution is -2.61. The van der Waals surface area contributed by atoms with E-state index < -0.39 is 0 Å². The number of nitrogens with one attached hydrogen (secondary N) is 1. The van der Waals surface area contributed by atoms with Gasteiger partial charge >= 0.3 is 6.09 Å². The van der Waals surface area contributed by atoms with Gasteiger partial charge in [-0.2, -0.15) is 0 Å². The minimum atomic E-state index is -0.218. The van der Waals surface area contributed by atoms with Gasteiger partial charge in [0.15, 0.2) is 5.82 Å². The molecule has 11 heteroatoms. The first-order valence-corrected chi connectivity index (χ1v) is 14.7. The molecule has 2 saturated heterocycles. The monoisotopic (exact) mass is 582 g/mol. The molecule has 1 N–H and O–H groups in total. The Hall–Kier alpha value is -3.37. The molecule has 0 bridgehead atoms. The van der Waals surface area contributed by atoms with Crippen LogP contribution < -0.4 is 15.0 Å². The van der Waals surface area contributed by atoms with Gasteiger partial charge in [0.1, 0.15) is 17.3 Å². The van der Waals surface area contributed by atoms with Gasteiger partial charge in [-0.1, -0.05) is 16.8 Å². The summed E-state index contributed by atoms with van der Waals surface area (Å²) in [5, 5.41) is 7.87. The number of nitrogens with zero attached hydrogens (tertiary/aromatic N) is 5. The highest BCUT2D eigenvalue weighted by atomic mass is 35.5. The number of likely N-dealkylation sites (tertiary alicyclic amines) is 1. The molecule has 0 unspecified atom stereocenters. The molecule has 1 aromatic carbocycles. The predicted octanol–water partition coefficient (Wildman–Crippen LogP) is 5.42. The number of anilines is 1. The highest BCUT2D eigenvalue weighted by Gasteiger charge is 2.47. The van der Waals surface area contributed by atoms with Gasteiger partial charge in [0, 0.05) is 42.7 Å². The zero-order valence-corrected chi connectivity index (χ0v) is 25.3. The molecule has 2 aliphatic rings. The van der Waals surface area contributed by atoms with Crippen molar-refractivity contribution in [1.82, 2.24) is 25.3 Å². The zero-order chi connectivity index (χ0) is 29.1. The third-order valence-electron chi connectivity index (χ3n) is 8.11. The molecule has 5 rings (SSSR count). The number of aryl methyl sites for hydroxylation is 2. The molecule has 0 radical (unpaired) electrons. The fourth-order valence-electron chi connectivity index (χ4n) is 5.81. The number of benzene rings is 1. The summed E-state index contributed by atoms with van der Waals surface area (Å²) in [6, 6.07) is 5.62. The minimum absolute atomic E-state index is 0.155. The Labute approximate surface area is 246 Å². The molecule has 4 heterocycles. The summed E-state index contributed by atoms with van der Waals surface area (Å²) < 4.78 is 16.7. The first-order valence-electron chi connectivity index (χ1n) is 14.3. The fourth-order valence-corrected chi connectivity index (χ4v) is 6.01. The average molecular weight is 583 g/mol. The van der Waals surface area contributed by atoms with Gasteiger partial charge in [-0.25, -0.2) is 14.8 Å². The van der Waals surface area contributed by atoms with E-state index in [0.29, 0.717) is 48.5 Å². The average Bonchev–Trinajstić information content (AvgIpc) is 3.28. The highest BCUT2D eigenvalue weighted by molar-refractivity contribution is 6.33. The molecule has 0 aliphatic carbocycles. The fraction of sp³-hybridized carbons (Fsp3) is 0.533. The van der Waals surface area contributed by atoms with Gasteiger partial charge in [-0.05, 0) is 78.7 Å². The Morgan fingerprint density at radius 2 is 1.93 bits per heavy atom. The van der Waals surface area contributed by atoms with Crippen LogP contribution in [0, 0.1) is 26.2 Å². The van der Waals surface area contributed by atoms with Crippen molar-refractivity contribution in [1.29, 1.82) is 0 Å². The van der Waals surface area contributed by atoms with Crippen molar-refractivity contribution in [2.45, 2.75) is 47.0 Å². The Bertz CT molecular complexity index is 1370. The molecule has 10 nitrogen and oxygen atoms in total. The molecular weight excluding hydrogens is 544 g/mol. The van der Waals surface area contributed by atoms with Gasteiger partial charge in [0.05, 0.1) is 35.2 Å². The molecule has 0 saturated carbocycles. The van der Waals surface area contributed by atoms with E-state index in [4.69, 9.17) is 35.6 Å². The smallest absolute Gasteiger partial charge is 0.409 e. The Morgan fingerprint density at radius 3 is 2.59 bits per heavy atom. The summed E-state index contributed by atoms with van der Waals surface area (Å²) in [5.41, 5.74) is 4.28. The van der Waals surface area contributed by atoms with E-state index in [2.05, 4.69) is 22.3 Å². The quantitative estimate of drug-likeness (QED) is 0.331. The first-order chi connectivity index (χ1) is 19.7. The Morgan fingerprint density at radius 1 is 1.17 bits per heavy atom. The van der Waals surface area contributed by atoms with Crippen LogP contribution in [0.3, 0.4) is 0 Å². The van der Waals surface area contributed by atoms with Gasteiger partial charge in [-0.15, -0.1) is 0 Å². The number of carbonyl (C=O) groups is 1. The molecule has 41 heavy (non-hydrogen) atoms. The number of carbonyl (C=O) groups excluding carboxylic acids is 1. The van der Waals surface area contributed by atoms with Crippen LogP contribution in [0.5, 0.6) is 5.75 Å². The van der Waals surface area contributed by atoms with E-state index in [9.17, 15) is 4.79 Å². The minimum Gasteiger partial charge on any atom is -0.494 e. The molecule has 0 atom stereocenters. The zero-order valence-electron chi connectivity index (χ0n) is 24.6. The van der Waals surface area contributed by atoms with Crippen LogP contribution >= 0.6 is 11.6 Å². The number of hydrogen-bond acceptors (Lipinski definition) is 9. The lowest BCUT2D eigenvalue weighted by molar-refractivity contribution is 0.0549. The van der Waals surface area contributed by atoms with Crippen LogP contribution in [-0.4, -0.2) is 79.1 Å². The van der Waals surface area contributed by atoms with E-state index in [-0.39, 0.29) is 11.5 Å². The van der Waals surface area contributed by atoms with Gasteiger partial charge < -0.3 is 29.1 Å². The van der Waals surface area contributed by atoms with E-state index >= 15 is 0 Å². The topological polar surface area (TPSA) is 106 Å². The second kappa shape index (κ2) is 12.2. The van der Waals surface area contributed by atoms with Crippen molar-refractivity contribution in [3.05, 3.63) is 40.2 Å². The van der Waals surface area contributed by atoms with Crippen LogP contribution in [-0.2, 0) is 4.74 Å². The molecular formula is C30H39ClN6O4. The van der Waals surface area contributed by atoms with Crippen molar-refractivity contribution < 1.29 is 18.8 Å². The summed E-state index contributed by atoms with van der Waals surface area (Å²) in [7, 11) is 1.93. The van der Waals surface area contributed by atoms with E-state index in [1.165, 1.54) is 0 Å². The molecule has 3 aromatic rings. The SMILES string of the molecule is CCOC(=O)N1CCC2(CC1)CN(c1nc(-c3cc(OCCCNC)ccc3Cl)nc(-c3c(C)noc3C)c1C)C2. The second-order valence-corrected chi connectivity index (χ2v) is 11.4. The number of hydrogen-bond donors (Lipinski definition) is 1. The number of aromatic nitrogens is 3. The van der Waals surface area contributed by atoms with Gasteiger partial charge in [0.2, 0.25) is 0 Å². The lowest BCUT2D eigenvalue weighted by Gasteiger charge is -2.54. The summed E-state index contributed by atoms with van der Waals surface area (Å²) in [5.74, 6) is 2.84. The molecule has 2 aliphatic heterocycles. The number of amides is 1. The first kappa shape index (κ1) is 29.1. The molecule has 1 spiro atoms. The molecule has 2 fully saturated rings. The van der Waals surface area contributed by atoms with Crippen molar-refractivity contribution in [3.63, 3.8) is 0 Å². The van der Waals surface area contributed by atoms with Gasteiger partial charge in [-0.3, -0.25) is 0 Å². The second-order valence-electron chi connectivity index (χ2n) is 11.0. The standard InChI is InChI=1S/C30H39ClN6O4/c1-6-39-29(38)36-13-10-30(11-14-36)17-37(18-30)28-19(2)26(25-20(3)35-41-21(25)4)33-27(34-28)23-16-22(8-9-24(23)31)40-15-7-12-32-5/h8-9,16,32H,6-7,10-15,17-18H2,1-5H3. The third-order valence-corrected chi connectivity index (χ3v) is 8.44. The number of piperidine rings is 1. The van der Waals surface area contributed by atoms with Crippen LogP contribution in [0.4, 0.5) is 10.6 Å². The van der Waals surface area contributed by atoms with E-state index in [0.717, 1.165) is 73.0 Å². The van der Waals surface area contributed by atoms with E-state index in [1.807, 2.05) is 50.9 Å². The predicted molar refractivity (Wildman–Crippen MR) is 159 cm³/mol. The number of ether oxygens (including phenoxy) is 2. The maximum Gasteiger partial charge on any atom is 0.409 e. The maximum absolute atomic E-state index is 12.2. The van der Waals surface area contributed by atoms with Crippen molar-refractivity contribution >= 4 is 23.5 Å². The van der Waals surface area contributed by atoms with Crippen LogP contribution in [0.25, 0.3) is 22.6 Å². The molecule has 220 valence electrons. The summed E-state index contributed by atoms with van der Waals surface area (Å²) in [6.45, 7) is 12.7. The van der Waals surface area contributed by atoms with E-state index in [1.54, 1.807) is 0 Å². The summed E-state index contributed by atoms with van der Waals surface area (Å²) in [6.07, 6.45) is 2.55. The van der Waals surface area contributed by atoms with Crippen molar-refractivity contribution in [3.8, 4) is 28.4 Å². The molecule has 1 amide bonds. The Balaban J connectivity index is 1.45. The Kier molecular flexibility index (Phi) is 8.70. The van der Waals surface area contributed by atoms with Crippen molar-refractivity contribution in [2.24, 2.45) is 5.41 Å². The normalized spacial score (nSPS) is 16.1. The maximum atomic E-state index is 12.2. The van der Waals surface area contributed by atoms with Crippen LogP contribution in [0.2, 0.25) is 5.02 Å². The lowest BCUT2D eigenvalue weighted by atomic mass is 9.72. The summed E-state index contributed by atoms with van der Waals surface area (Å²) >= 11 is 6.72. The third kappa shape index (κ3) is 5.99. The number of rotatable bonds is 9. The number of halogens is 1. The largest absolute Gasteiger partial charge is 0.494 e. The summed E-state index contributed by atoms with van der Waals surface area (Å²) in [4.78, 5) is 26.4. The highest BCUT2D eigenvalue weighted by Crippen LogP contribution is 2.45. The molecule has 2 aromatic heterocycles. The van der Waals surface area contributed by atoms with Crippen molar-refractivity contribution in [2.75, 3.05) is 57.9 Å².